The number of nitrogens with two attached hydrogens (primary N) is 1. The zero-order valence-corrected chi connectivity index (χ0v) is 13.8. The van der Waals surface area contributed by atoms with Gasteiger partial charge in [-0.15, -0.1) is 0 Å². The van der Waals surface area contributed by atoms with Crippen molar-refractivity contribution in [3.63, 3.8) is 0 Å². The number of aryl methyl sites for hydroxylation is 1. The van der Waals surface area contributed by atoms with E-state index in [2.05, 4.69) is 21.0 Å². The summed E-state index contributed by atoms with van der Waals surface area (Å²) >= 11 is 3.36. The maximum absolute atomic E-state index is 14.3. The number of halogens is 3. The Morgan fingerprint density at radius 3 is 2.29 bits per heavy atom. The molecule has 2 rings (SSSR count). The van der Waals surface area contributed by atoms with Crippen LogP contribution in [0.1, 0.15) is 30.3 Å². The molecule has 1 unspecified atom stereocenters. The van der Waals surface area contributed by atoms with Crippen LogP contribution >= 0.6 is 15.9 Å². The first-order valence-electron chi connectivity index (χ1n) is 6.80. The fourth-order valence-corrected chi connectivity index (χ4v) is 2.47. The number of rotatable bonds is 4. The topological polar surface area (TPSA) is 43.8 Å². The smallest absolute Gasteiger partial charge is 0.152 e. The van der Waals surface area contributed by atoms with Crippen molar-refractivity contribution in [3.8, 4) is 5.69 Å². The van der Waals surface area contributed by atoms with Crippen LogP contribution in [0.4, 0.5) is 8.78 Å². The lowest BCUT2D eigenvalue weighted by atomic mass is 10.0. The first kappa shape index (κ1) is 16.1. The monoisotopic (exact) mass is 357 g/mol. The van der Waals surface area contributed by atoms with Crippen LogP contribution in [0, 0.1) is 25.5 Å². The van der Waals surface area contributed by atoms with Crippen LogP contribution in [0.3, 0.4) is 0 Å². The molecule has 0 aliphatic carbocycles. The van der Waals surface area contributed by atoms with Crippen molar-refractivity contribution in [3.05, 3.63) is 45.2 Å². The number of nitrogens with zero attached hydrogens (tertiary/aromatic N) is 2. The zero-order valence-electron chi connectivity index (χ0n) is 12.3. The van der Waals surface area contributed by atoms with Crippen molar-refractivity contribution < 1.29 is 8.78 Å². The van der Waals surface area contributed by atoms with Gasteiger partial charge in [0, 0.05) is 6.04 Å². The molecular weight excluding hydrogens is 340 g/mol. The van der Waals surface area contributed by atoms with E-state index in [1.165, 1.54) is 16.8 Å². The van der Waals surface area contributed by atoms with Gasteiger partial charge in [0.1, 0.15) is 5.69 Å². The Morgan fingerprint density at radius 1 is 1.29 bits per heavy atom. The van der Waals surface area contributed by atoms with Gasteiger partial charge in [-0.1, -0.05) is 6.92 Å². The Balaban J connectivity index is 2.48. The normalized spacial score (nSPS) is 12.7. The van der Waals surface area contributed by atoms with Gasteiger partial charge in [0.2, 0.25) is 0 Å². The van der Waals surface area contributed by atoms with Crippen LogP contribution in [-0.2, 0) is 6.42 Å². The van der Waals surface area contributed by atoms with E-state index in [-0.39, 0.29) is 11.7 Å². The summed E-state index contributed by atoms with van der Waals surface area (Å²) in [6.07, 6.45) is 1.21. The van der Waals surface area contributed by atoms with E-state index < -0.39 is 11.6 Å². The number of aromatic nitrogens is 2. The highest BCUT2D eigenvalue weighted by atomic mass is 79.9. The number of benzene rings is 1. The van der Waals surface area contributed by atoms with E-state index in [0.717, 1.165) is 10.9 Å². The van der Waals surface area contributed by atoms with Crippen molar-refractivity contribution in [1.82, 2.24) is 9.78 Å². The highest BCUT2D eigenvalue weighted by molar-refractivity contribution is 9.10. The lowest BCUT2D eigenvalue weighted by Crippen LogP contribution is -2.21. The molecule has 1 aromatic heterocycles. The van der Waals surface area contributed by atoms with Crippen molar-refractivity contribution in [1.29, 1.82) is 0 Å². The second-order valence-corrected chi connectivity index (χ2v) is 5.97. The summed E-state index contributed by atoms with van der Waals surface area (Å²) in [6.45, 7) is 5.47. The largest absolute Gasteiger partial charge is 0.327 e. The SMILES string of the molecule is CCC(N)Cc1cc(F)c(-n2nc(C)c(Br)c2C)c(F)c1. The number of hydrogen-bond donors (Lipinski definition) is 1. The van der Waals surface area contributed by atoms with Gasteiger partial charge in [0.05, 0.1) is 15.9 Å². The van der Waals surface area contributed by atoms with Gasteiger partial charge in [0.25, 0.3) is 0 Å². The molecule has 1 aromatic carbocycles. The second kappa shape index (κ2) is 6.23. The lowest BCUT2D eigenvalue weighted by molar-refractivity contribution is 0.549. The molecule has 0 spiro atoms. The van der Waals surface area contributed by atoms with Crippen molar-refractivity contribution in [2.24, 2.45) is 5.73 Å². The molecule has 1 heterocycles. The van der Waals surface area contributed by atoms with Gasteiger partial charge in [-0.05, 0) is 60.3 Å². The molecule has 0 amide bonds. The summed E-state index contributed by atoms with van der Waals surface area (Å²) in [6, 6.07) is 2.56. The van der Waals surface area contributed by atoms with Crippen molar-refractivity contribution in [2.75, 3.05) is 0 Å². The van der Waals surface area contributed by atoms with E-state index in [1.54, 1.807) is 13.8 Å². The molecule has 0 saturated carbocycles. The minimum absolute atomic E-state index is 0.0996. The van der Waals surface area contributed by atoms with Crippen molar-refractivity contribution in [2.45, 2.75) is 39.7 Å². The molecular formula is C15H18BrF2N3. The standard InChI is InChI=1S/C15H18BrF2N3/c1-4-11(19)5-10-6-12(17)15(13(18)7-10)21-9(3)14(16)8(2)20-21/h6-7,11H,4-5,19H2,1-3H3. The van der Waals surface area contributed by atoms with Crippen molar-refractivity contribution >= 4 is 15.9 Å². The van der Waals surface area contributed by atoms with Gasteiger partial charge in [0.15, 0.2) is 11.6 Å². The molecule has 1 atom stereocenters. The molecule has 2 aromatic rings. The van der Waals surface area contributed by atoms with Gasteiger partial charge in [-0.2, -0.15) is 5.10 Å². The van der Waals surface area contributed by atoms with E-state index in [1.807, 2.05) is 6.92 Å². The van der Waals surface area contributed by atoms with E-state index in [9.17, 15) is 8.78 Å². The van der Waals surface area contributed by atoms with Crippen LogP contribution in [0.2, 0.25) is 0 Å². The Morgan fingerprint density at radius 2 is 1.86 bits per heavy atom. The van der Waals surface area contributed by atoms with Crippen LogP contribution in [0.5, 0.6) is 0 Å². The Bertz CT molecular complexity index is 644. The van der Waals surface area contributed by atoms with Crippen LogP contribution in [0.15, 0.2) is 16.6 Å². The quantitative estimate of drug-likeness (QED) is 0.903. The average Bonchev–Trinajstić information content (AvgIpc) is 2.66. The molecule has 3 nitrogen and oxygen atoms in total. The Kier molecular flexibility index (Phi) is 4.78. The summed E-state index contributed by atoms with van der Waals surface area (Å²) in [5, 5.41) is 4.17. The van der Waals surface area contributed by atoms with E-state index in [0.29, 0.717) is 23.4 Å². The minimum Gasteiger partial charge on any atom is -0.327 e. The fraction of sp³-hybridized carbons (Fsp3) is 0.400. The zero-order chi connectivity index (χ0) is 15.7. The van der Waals surface area contributed by atoms with Crippen LogP contribution in [0.25, 0.3) is 5.69 Å². The molecule has 0 aliphatic heterocycles. The summed E-state index contributed by atoms with van der Waals surface area (Å²) in [4.78, 5) is 0. The van der Waals surface area contributed by atoms with Gasteiger partial charge < -0.3 is 5.73 Å². The van der Waals surface area contributed by atoms with Crippen LogP contribution < -0.4 is 5.73 Å². The predicted octanol–water partition coefficient (Wildman–Crippen LogP) is 3.81. The Labute approximate surface area is 131 Å². The van der Waals surface area contributed by atoms with E-state index >= 15 is 0 Å². The molecule has 0 bridgehead atoms. The van der Waals surface area contributed by atoms with Gasteiger partial charge >= 0.3 is 0 Å². The first-order chi connectivity index (χ1) is 9.85. The molecule has 0 saturated heterocycles. The first-order valence-corrected chi connectivity index (χ1v) is 7.60. The summed E-state index contributed by atoms with van der Waals surface area (Å²) in [5.41, 5.74) is 7.57. The molecule has 114 valence electrons. The minimum atomic E-state index is -0.633. The van der Waals surface area contributed by atoms with Gasteiger partial charge in [-0.25, -0.2) is 13.5 Å². The Hall–Kier alpha value is -1.27. The van der Waals surface area contributed by atoms with Gasteiger partial charge in [-0.3, -0.25) is 0 Å². The average molecular weight is 358 g/mol. The molecule has 0 radical (unpaired) electrons. The summed E-state index contributed by atoms with van der Waals surface area (Å²) in [7, 11) is 0. The maximum Gasteiger partial charge on any atom is 0.152 e. The molecule has 21 heavy (non-hydrogen) atoms. The van der Waals surface area contributed by atoms with Crippen LogP contribution in [-0.4, -0.2) is 15.8 Å². The predicted molar refractivity (Wildman–Crippen MR) is 82.6 cm³/mol. The molecule has 6 heteroatoms. The summed E-state index contributed by atoms with van der Waals surface area (Å²) in [5.74, 6) is -1.27. The third-order valence-electron chi connectivity index (χ3n) is 3.51. The molecule has 0 fully saturated rings. The maximum atomic E-state index is 14.3. The third-order valence-corrected chi connectivity index (χ3v) is 4.66. The summed E-state index contributed by atoms with van der Waals surface area (Å²) < 4.78 is 30.7. The third kappa shape index (κ3) is 3.16. The lowest BCUT2D eigenvalue weighted by Gasteiger charge is -2.12. The second-order valence-electron chi connectivity index (χ2n) is 5.18. The number of hydrogen-bond acceptors (Lipinski definition) is 2. The van der Waals surface area contributed by atoms with E-state index in [4.69, 9.17) is 5.73 Å². The molecule has 0 aliphatic rings. The molecule has 2 N–H and O–H groups in total. The fourth-order valence-electron chi connectivity index (χ4n) is 2.23. The highest BCUT2D eigenvalue weighted by Gasteiger charge is 2.19. The highest BCUT2D eigenvalue weighted by Crippen LogP contribution is 2.27.